The van der Waals surface area contributed by atoms with E-state index in [0.29, 0.717) is 49.9 Å². The van der Waals surface area contributed by atoms with Crippen molar-refractivity contribution in [2.24, 2.45) is 64.5 Å². The van der Waals surface area contributed by atoms with E-state index in [1.807, 2.05) is 11.8 Å². The van der Waals surface area contributed by atoms with Gasteiger partial charge in [-0.1, -0.05) is 26.2 Å². The van der Waals surface area contributed by atoms with Crippen molar-refractivity contribution < 1.29 is 43.0 Å². The lowest BCUT2D eigenvalue weighted by molar-refractivity contribution is -0.189. The number of carbonyl (C=O) groups is 6. The lowest BCUT2D eigenvalue weighted by atomic mass is 9.51. The molecule has 0 aromatic carbocycles. The van der Waals surface area contributed by atoms with Gasteiger partial charge in [0.15, 0.2) is 0 Å². The summed E-state index contributed by atoms with van der Waals surface area (Å²) in [4.78, 5) is 75.6. The summed E-state index contributed by atoms with van der Waals surface area (Å²) < 4.78 is 18.5. The minimum Gasteiger partial charge on any atom is -0.462 e. The van der Waals surface area contributed by atoms with E-state index in [1.54, 1.807) is 0 Å². The zero-order valence-electron chi connectivity index (χ0n) is 38.3. The standard InChI is InChI=1S/C47H79N7O9S/c1-28(10-15-40(56)52-23-7-3-2-6-22-51-39(55)9-5-4-8-38-46-35(27-64-38)53-47(60)54-46)31-13-14-33-44(31)37(63-43(59)18-21-50)26-34-32-12-11-30(61-41(57)16-19-48)24-29(32)25-36(45(33)34)62-42(58)17-20-49/h28-38,44-46H,2-27,48-50H2,1H3,(H,51,55)(H,52,56)(H2,53,54,60)/t28-,29?,30?,31?,32?,33?,34?,35?,36?,37?,38-,44?,45?,46?/m1/s1. The van der Waals surface area contributed by atoms with Crippen LogP contribution in [0.1, 0.15) is 135 Å². The summed E-state index contributed by atoms with van der Waals surface area (Å²) in [7, 11) is 0. The number of esters is 3. The number of urea groups is 1. The van der Waals surface area contributed by atoms with Crippen LogP contribution in [-0.4, -0.2) is 110 Å². The molecular weight excluding hydrogens is 839 g/mol. The summed E-state index contributed by atoms with van der Waals surface area (Å²) in [6, 6.07) is 0.377. The highest BCUT2D eigenvalue weighted by molar-refractivity contribution is 8.00. The van der Waals surface area contributed by atoms with Gasteiger partial charge >= 0.3 is 23.9 Å². The largest absolute Gasteiger partial charge is 0.462 e. The molecule has 4 amide bonds. The lowest BCUT2D eigenvalue weighted by Gasteiger charge is -2.57. The topological polar surface area (TPSA) is 256 Å². The van der Waals surface area contributed by atoms with Crippen molar-refractivity contribution in [3.63, 3.8) is 0 Å². The number of carbonyl (C=O) groups excluding carboxylic acids is 6. The molecule has 6 rings (SSSR count). The predicted octanol–water partition coefficient (Wildman–Crippen LogP) is 3.80. The van der Waals surface area contributed by atoms with Gasteiger partial charge in [-0.25, -0.2) is 4.79 Å². The van der Waals surface area contributed by atoms with E-state index in [-0.39, 0.29) is 146 Å². The van der Waals surface area contributed by atoms with E-state index in [4.69, 9.17) is 31.4 Å². The Kier molecular flexibility index (Phi) is 19.7. The molecule has 4 saturated carbocycles. The van der Waals surface area contributed by atoms with Gasteiger partial charge in [0.25, 0.3) is 0 Å². The Morgan fingerprint density at radius 2 is 1.30 bits per heavy atom. The van der Waals surface area contributed by atoms with Crippen LogP contribution in [0.4, 0.5) is 4.79 Å². The van der Waals surface area contributed by atoms with Gasteiger partial charge in [0.2, 0.25) is 11.8 Å². The molecule has 0 aromatic heterocycles. The van der Waals surface area contributed by atoms with Crippen molar-refractivity contribution >= 4 is 47.5 Å². The maximum atomic E-state index is 13.1. The molecule has 0 bridgehead atoms. The quantitative estimate of drug-likeness (QED) is 0.0298. The molecule has 6 fully saturated rings. The van der Waals surface area contributed by atoms with Gasteiger partial charge in [0.05, 0.1) is 31.3 Å². The molecule has 17 heteroatoms. The molecule has 6 aliphatic rings. The first-order chi connectivity index (χ1) is 31.0. The third kappa shape index (κ3) is 13.7. The number of hydrogen-bond acceptors (Lipinski definition) is 13. The van der Waals surface area contributed by atoms with Gasteiger partial charge in [-0.3, -0.25) is 24.0 Å². The fourth-order valence-electron chi connectivity index (χ4n) is 12.7. The van der Waals surface area contributed by atoms with E-state index < -0.39 is 0 Å². The Balaban J connectivity index is 0.926. The molecule has 14 atom stereocenters. The van der Waals surface area contributed by atoms with Crippen molar-refractivity contribution in [1.29, 1.82) is 0 Å². The van der Waals surface area contributed by atoms with Gasteiger partial charge in [-0.2, -0.15) is 11.8 Å². The van der Waals surface area contributed by atoms with E-state index in [1.165, 1.54) is 0 Å². The second kappa shape index (κ2) is 25.1. The third-order valence-corrected chi connectivity index (χ3v) is 17.1. The maximum absolute atomic E-state index is 13.1. The van der Waals surface area contributed by atoms with Gasteiger partial charge < -0.3 is 52.7 Å². The van der Waals surface area contributed by atoms with Crippen molar-refractivity contribution in [2.45, 2.75) is 171 Å². The van der Waals surface area contributed by atoms with Crippen LogP contribution in [0.5, 0.6) is 0 Å². The smallest absolute Gasteiger partial charge is 0.315 e. The summed E-state index contributed by atoms with van der Waals surface area (Å²) in [6.45, 7) is 4.20. The number of hydrogen-bond donors (Lipinski definition) is 7. The van der Waals surface area contributed by atoms with Crippen LogP contribution in [0.2, 0.25) is 0 Å². The van der Waals surface area contributed by atoms with E-state index in [0.717, 1.165) is 89.2 Å². The fraction of sp³-hybridized carbons (Fsp3) is 0.872. The Morgan fingerprint density at radius 1 is 0.672 bits per heavy atom. The molecule has 0 aromatic rings. The molecule has 10 N–H and O–H groups in total. The second-order valence-corrected chi connectivity index (χ2v) is 21.0. The average Bonchev–Trinajstić information content (AvgIpc) is 3.97. The number of thioether (sulfide) groups is 1. The highest BCUT2D eigenvalue weighted by Gasteiger charge is 2.60. The third-order valence-electron chi connectivity index (χ3n) is 15.5. The first-order valence-electron chi connectivity index (χ1n) is 24.9. The number of nitrogens with one attached hydrogen (secondary N) is 4. The maximum Gasteiger partial charge on any atom is 0.315 e. The number of ether oxygens (including phenoxy) is 3. The number of rotatable bonds is 25. The van der Waals surface area contributed by atoms with Crippen LogP contribution < -0.4 is 38.5 Å². The molecule has 2 heterocycles. The van der Waals surface area contributed by atoms with Crippen LogP contribution in [0, 0.1) is 47.3 Å². The summed E-state index contributed by atoms with van der Waals surface area (Å²) in [5, 5.41) is 12.6. The molecule has 2 aliphatic heterocycles. The number of fused-ring (bicyclic) bond motifs is 6. The van der Waals surface area contributed by atoms with Gasteiger partial charge in [-0.15, -0.1) is 0 Å². The van der Waals surface area contributed by atoms with E-state index >= 15 is 0 Å². The Labute approximate surface area is 384 Å². The van der Waals surface area contributed by atoms with Crippen LogP contribution in [0.15, 0.2) is 0 Å². The van der Waals surface area contributed by atoms with Crippen LogP contribution in [-0.2, 0) is 38.2 Å². The number of amides is 4. The molecule has 64 heavy (non-hydrogen) atoms. The number of nitrogens with two attached hydrogens (primary N) is 3. The average molecular weight is 918 g/mol. The zero-order chi connectivity index (χ0) is 45.6. The Bertz CT molecular complexity index is 1580. The van der Waals surface area contributed by atoms with E-state index in [2.05, 4.69) is 28.2 Å². The molecular formula is C47H79N7O9S. The summed E-state index contributed by atoms with van der Waals surface area (Å²) in [5.74, 6) is 1.92. The van der Waals surface area contributed by atoms with Crippen molar-refractivity contribution in [3.05, 3.63) is 0 Å². The van der Waals surface area contributed by atoms with Gasteiger partial charge in [0.1, 0.15) is 18.3 Å². The van der Waals surface area contributed by atoms with Gasteiger partial charge in [-0.05, 0) is 113 Å². The minimum absolute atomic E-state index is 0.0498. The monoisotopic (exact) mass is 918 g/mol. The van der Waals surface area contributed by atoms with Crippen molar-refractivity contribution in [3.8, 4) is 0 Å². The summed E-state index contributed by atoms with van der Waals surface area (Å²) in [6.07, 6.45) is 13.7. The Morgan fingerprint density at radius 3 is 1.97 bits per heavy atom. The van der Waals surface area contributed by atoms with Gasteiger partial charge in [0, 0.05) is 68.4 Å². The minimum atomic E-state index is -0.288. The molecule has 0 radical (unpaired) electrons. The fourth-order valence-corrected chi connectivity index (χ4v) is 14.2. The molecule has 0 spiro atoms. The molecule has 4 aliphatic carbocycles. The normalized spacial score (nSPS) is 33.0. The number of unbranched alkanes of at least 4 members (excludes halogenated alkanes) is 4. The highest BCUT2D eigenvalue weighted by Crippen LogP contribution is 2.61. The SMILES string of the molecule is C[C@H](CCC(=O)NCCCCCCNC(=O)CCCC[C@H]1SCC2NC(=O)NC21)C1CCC2C3C(OC(=O)CCN)CC4CC(OC(=O)CCN)CCC4C3CC(OC(=O)CCN)C21. The predicted molar refractivity (Wildman–Crippen MR) is 244 cm³/mol. The first-order valence-corrected chi connectivity index (χ1v) is 25.9. The second-order valence-electron chi connectivity index (χ2n) is 19.7. The lowest BCUT2D eigenvalue weighted by Crippen LogP contribution is -2.57. The summed E-state index contributed by atoms with van der Waals surface area (Å²) in [5.41, 5.74) is 17.2. The van der Waals surface area contributed by atoms with Crippen LogP contribution in [0.3, 0.4) is 0 Å². The highest BCUT2D eigenvalue weighted by atomic mass is 32.2. The summed E-state index contributed by atoms with van der Waals surface area (Å²) >= 11 is 1.91. The zero-order valence-corrected chi connectivity index (χ0v) is 39.1. The first kappa shape index (κ1) is 50.3. The van der Waals surface area contributed by atoms with Crippen molar-refractivity contribution in [1.82, 2.24) is 21.3 Å². The van der Waals surface area contributed by atoms with Crippen LogP contribution >= 0.6 is 11.8 Å². The molecule has 16 nitrogen and oxygen atoms in total. The molecule has 362 valence electrons. The Hall–Kier alpha value is -3.15. The van der Waals surface area contributed by atoms with E-state index in [9.17, 15) is 28.8 Å². The van der Waals surface area contributed by atoms with Crippen molar-refractivity contribution in [2.75, 3.05) is 38.5 Å². The molecule has 2 saturated heterocycles. The van der Waals surface area contributed by atoms with Crippen LogP contribution in [0.25, 0.3) is 0 Å². The molecule has 12 unspecified atom stereocenters.